The molecule has 0 saturated heterocycles. The van der Waals surface area contributed by atoms with Gasteiger partial charge in [0.25, 0.3) is 0 Å². The van der Waals surface area contributed by atoms with Crippen molar-refractivity contribution in [2.75, 3.05) is 0 Å². The van der Waals surface area contributed by atoms with Crippen LogP contribution in [0, 0.1) is 17.5 Å². The summed E-state index contributed by atoms with van der Waals surface area (Å²) in [5, 5.41) is 0. The van der Waals surface area contributed by atoms with Crippen LogP contribution in [-0.4, -0.2) is 4.98 Å². The van der Waals surface area contributed by atoms with Crippen LogP contribution in [0.15, 0.2) is 36.5 Å². The van der Waals surface area contributed by atoms with Gasteiger partial charge in [0.05, 0.1) is 5.69 Å². The second-order valence-corrected chi connectivity index (χ2v) is 3.02. The van der Waals surface area contributed by atoms with Gasteiger partial charge in [-0.3, -0.25) is 4.98 Å². The highest BCUT2D eigenvalue weighted by Crippen LogP contribution is 2.19. The van der Waals surface area contributed by atoms with Crippen molar-refractivity contribution in [1.82, 2.24) is 4.98 Å². The number of aromatic nitrogens is 1. The van der Waals surface area contributed by atoms with Gasteiger partial charge in [0.15, 0.2) is 0 Å². The van der Waals surface area contributed by atoms with Crippen molar-refractivity contribution in [2.24, 2.45) is 0 Å². The number of rotatable bonds is 1. The second-order valence-electron chi connectivity index (χ2n) is 3.02. The normalized spacial score (nSPS) is 10.3. The average Bonchev–Trinajstić information content (AvgIpc) is 2.16. The lowest BCUT2D eigenvalue weighted by Gasteiger charge is -2.01. The van der Waals surface area contributed by atoms with Crippen molar-refractivity contribution in [3.8, 4) is 11.3 Å². The Morgan fingerprint density at radius 1 is 0.800 bits per heavy atom. The van der Waals surface area contributed by atoms with Crippen molar-refractivity contribution in [2.45, 2.75) is 0 Å². The molecular formula is C11H6F3N. The number of benzene rings is 1. The predicted molar refractivity (Wildman–Crippen MR) is 49.5 cm³/mol. The molecule has 0 radical (unpaired) electrons. The zero-order chi connectivity index (χ0) is 10.8. The summed E-state index contributed by atoms with van der Waals surface area (Å²) < 4.78 is 38.5. The van der Waals surface area contributed by atoms with E-state index in [0.717, 1.165) is 24.3 Å². The molecule has 0 aliphatic rings. The summed E-state index contributed by atoms with van der Waals surface area (Å²) in [6, 6.07) is 5.24. The average molecular weight is 209 g/mol. The molecule has 0 aliphatic carbocycles. The van der Waals surface area contributed by atoms with Crippen LogP contribution in [-0.2, 0) is 0 Å². The van der Waals surface area contributed by atoms with Crippen LogP contribution in [0.3, 0.4) is 0 Å². The minimum Gasteiger partial charge on any atom is -0.256 e. The lowest BCUT2D eigenvalue weighted by atomic mass is 10.1. The van der Waals surface area contributed by atoms with Crippen molar-refractivity contribution >= 4 is 0 Å². The van der Waals surface area contributed by atoms with Crippen LogP contribution in [0.4, 0.5) is 13.2 Å². The Hall–Kier alpha value is -1.84. The van der Waals surface area contributed by atoms with Gasteiger partial charge in [0, 0.05) is 23.9 Å². The maximum absolute atomic E-state index is 12.9. The molecule has 0 amide bonds. The maximum atomic E-state index is 12.9. The van der Waals surface area contributed by atoms with Crippen LogP contribution < -0.4 is 0 Å². The fourth-order valence-corrected chi connectivity index (χ4v) is 1.26. The van der Waals surface area contributed by atoms with Crippen LogP contribution >= 0.6 is 0 Å². The van der Waals surface area contributed by atoms with Gasteiger partial charge in [-0.25, -0.2) is 13.2 Å². The Kier molecular flexibility index (Phi) is 2.41. The molecular weight excluding hydrogens is 203 g/mol. The van der Waals surface area contributed by atoms with E-state index in [1.54, 1.807) is 0 Å². The molecule has 0 unspecified atom stereocenters. The van der Waals surface area contributed by atoms with E-state index >= 15 is 0 Å². The summed E-state index contributed by atoms with van der Waals surface area (Å²) in [7, 11) is 0. The molecule has 0 saturated carbocycles. The minimum absolute atomic E-state index is 0.202. The largest absolute Gasteiger partial charge is 0.256 e. The molecule has 2 rings (SSSR count). The molecule has 0 N–H and O–H groups in total. The molecule has 76 valence electrons. The third kappa shape index (κ3) is 2.15. The van der Waals surface area contributed by atoms with Gasteiger partial charge in [-0.1, -0.05) is 0 Å². The van der Waals surface area contributed by atoms with E-state index in [1.165, 1.54) is 12.3 Å². The first-order chi connectivity index (χ1) is 7.15. The summed E-state index contributed by atoms with van der Waals surface area (Å²) in [6.45, 7) is 0. The zero-order valence-electron chi connectivity index (χ0n) is 7.55. The van der Waals surface area contributed by atoms with E-state index in [2.05, 4.69) is 4.98 Å². The van der Waals surface area contributed by atoms with E-state index in [1.807, 2.05) is 0 Å². The van der Waals surface area contributed by atoms with Crippen molar-refractivity contribution in [1.29, 1.82) is 0 Å². The van der Waals surface area contributed by atoms with Gasteiger partial charge in [-0.15, -0.1) is 0 Å². The lowest BCUT2D eigenvalue weighted by Crippen LogP contribution is -1.88. The molecule has 2 aromatic rings. The first kappa shape index (κ1) is 9.71. The molecule has 0 aliphatic heterocycles. The second kappa shape index (κ2) is 3.73. The van der Waals surface area contributed by atoms with Gasteiger partial charge in [-0.05, 0) is 18.2 Å². The van der Waals surface area contributed by atoms with Crippen LogP contribution in [0.1, 0.15) is 0 Å². The van der Waals surface area contributed by atoms with Gasteiger partial charge in [-0.2, -0.15) is 0 Å². The third-order valence-corrected chi connectivity index (χ3v) is 1.88. The molecule has 1 nitrogen and oxygen atoms in total. The molecule has 4 heteroatoms. The molecule has 1 aromatic carbocycles. The van der Waals surface area contributed by atoms with Crippen LogP contribution in [0.5, 0.6) is 0 Å². The summed E-state index contributed by atoms with van der Waals surface area (Å²) >= 11 is 0. The molecule has 1 aromatic heterocycles. The third-order valence-electron chi connectivity index (χ3n) is 1.88. The van der Waals surface area contributed by atoms with Crippen LogP contribution in [0.2, 0.25) is 0 Å². The zero-order valence-corrected chi connectivity index (χ0v) is 7.55. The number of hydrogen-bond donors (Lipinski definition) is 0. The predicted octanol–water partition coefficient (Wildman–Crippen LogP) is 3.17. The summed E-state index contributed by atoms with van der Waals surface area (Å²) in [4.78, 5) is 3.82. The van der Waals surface area contributed by atoms with Gasteiger partial charge in [0.2, 0.25) is 0 Å². The smallest absolute Gasteiger partial charge is 0.126 e. The first-order valence-electron chi connectivity index (χ1n) is 4.23. The SMILES string of the molecule is Fc1cc(F)cc(-c2cc(F)ccn2)c1. The Labute approximate surface area is 84.2 Å². The first-order valence-corrected chi connectivity index (χ1v) is 4.23. The Morgan fingerprint density at radius 2 is 1.47 bits per heavy atom. The number of hydrogen-bond acceptors (Lipinski definition) is 1. The molecule has 0 atom stereocenters. The van der Waals surface area contributed by atoms with Gasteiger partial charge >= 0.3 is 0 Å². The van der Waals surface area contributed by atoms with Gasteiger partial charge < -0.3 is 0 Å². The molecule has 0 bridgehead atoms. The molecule has 15 heavy (non-hydrogen) atoms. The Bertz CT molecular complexity index is 477. The number of halogens is 3. The quantitative estimate of drug-likeness (QED) is 0.702. The van der Waals surface area contributed by atoms with Crippen molar-refractivity contribution in [3.63, 3.8) is 0 Å². The molecule has 0 spiro atoms. The van der Waals surface area contributed by atoms with E-state index in [0.29, 0.717) is 0 Å². The highest BCUT2D eigenvalue weighted by Gasteiger charge is 2.04. The molecule has 0 fully saturated rings. The lowest BCUT2D eigenvalue weighted by molar-refractivity contribution is 0.584. The summed E-state index contributed by atoms with van der Waals surface area (Å²) in [6.07, 6.45) is 1.24. The molecule has 1 heterocycles. The summed E-state index contributed by atoms with van der Waals surface area (Å²) in [5.74, 6) is -1.92. The Morgan fingerprint density at radius 3 is 2.07 bits per heavy atom. The number of pyridine rings is 1. The summed E-state index contributed by atoms with van der Waals surface area (Å²) in [5.41, 5.74) is 0.417. The van der Waals surface area contributed by atoms with E-state index in [-0.39, 0.29) is 11.3 Å². The highest BCUT2D eigenvalue weighted by molar-refractivity contribution is 5.58. The fraction of sp³-hybridized carbons (Fsp3) is 0. The maximum Gasteiger partial charge on any atom is 0.126 e. The van der Waals surface area contributed by atoms with Crippen LogP contribution in [0.25, 0.3) is 11.3 Å². The van der Waals surface area contributed by atoms with Gasteiger partial charge in [0.1, 0.15) is 17.5 Å². The Balaban J connectivity index is 2.54. The van der Waals surface area contributed by atoms with Crippen molar-refractivity contribution in [3.05, 3.63) is 54.0 Å². The fourth-order valence-electron chi connectivity index (χ4n) is 1.26. The topological polar surface area (TPSA) is 12.9 Å². The van der Waals surface area contributed by atoms with E-state index < -0.39 is 17.5 Å². The minimum atomic E-state index is -0.712. The van der Waals surface area contributed by atoms with E-state index in [9.17, 15) is 13.2 Å². The van der Waals surface area contributed by atoms with E-state index in [4.69, 9.17) is 0 Å². The monoisotopic (exact) mass is 209 g/mol. The standard InChI is InChI=1S/C11H6F3N/c12-8-1-2-15-11(6-8)7-3-9(13)5-10(14)4-7/h1-6H. The highest BCUT2D eigenvalue weighted by atomic mass is 19.1. The van der Waals surface area contributed by atoms with Crippen molar-refractivity contribution < 1.29 is 13.2 Å². The number of nitrogens with zero attached hydrogens (tertiary/aromatic N) is 1.